The van der Waals surface area contributed by atoms with Gasteiger partial charge in [0, 0.05) is 23.5 Å². The Hall–Kier alpha value is -0.870. The number of nitrogens with zero attached hydrogens (tertiary/aromatic N) is 1. The maximum absolute atomic E-state index is 11.9. The molecule has 88 valence electrons. The highest BCUT2D eigenvalue weighted by molar-refractivity contribution is 9.10. The zero-order valence-electron chi connectivity index (χ0n) is 9.83. The normalized spacial score (nSPS) is 11.3. The Morgan fingerprint density at radius 3 is 2.50 bits per heavy atom. The van der Waals surface area contributed by atoms with Crippen LogP contribution in [-0.4, -0.2) is 18.5 Å². The molecule has 0 atom stereocenters. The largest absolute Gasteiger partial charge is 0.325 e. The molecule has 0 bridgehead atoms. The quantitative estimate of drug-likeness (QED) is 0.927. The van der Waals surface area contributed by atoms with Crippen LogP contribution in [0, 0.1) is 0 Å². The van der Waals surface area contributed by atoms with Gasteiger partial charge in [0.1, 0.15) is 0 Å². The topological polar surface area (TPSA) is 46.3 Å². The molecule has 0 aliphatic rings. The number of anilines is 1. The van der Waals surface area contributed by atoms with E-state index in [1.54, 1.807) is 11.9 Å². The fourth-order valence-corrected chi connectivity index (χ4v) is 1.92. The molecule has 4 heteroatoms. The van der Waals surface area contributed by atoms with Gasteiger partial charge in [0.2, 0.25) is 5.91 Å². The summed E-state index contributed by atoms with van der Waals surface area (Å²) in [5, 5.41) is 0. The second kappa shape index (κ2) is 4.97. The van der Waals surface area contributed by atoms with Gasteiger partial charge >= 0.3 is 0 Å². The van der Waals surface area contributed by atoms with Gasteiger partial charge in [-0.2, -0.15) is 0 Å². The Balaban J connectivity index is 2.83. The van der Waals surface area contributed by atoms with E-state index in [0.717, 1.165) is 10.2 Å². The smallest absolute Gasteiger partial charge is 0.228 e. The molecule has 0 aliphatic heterocycles. The van der Waals surface area contributed by atoms with E-state index in [1.165, 1.54) is 0 Å². The van der Waals surface area contributed by atoms with Gasteiger partial charge < -0.3 is 10.6 Å². The SMILES string of the molecule is CN(C(=O)CC(C)(C)N)c1ccccc1Br. The van der Waals surface area contributed by atoms with Crippen LogP contribution in [0.1, 0.15) is 20.3 Å². The number of carbonyl (C=O) groups excluding carboxylic acids is 1. The third-order valence-corrected chi connectivity index (χ3v) is 2.87. The zero-order chi connectivity index (χ0) is 12.3. The number of hydrogen-bond acceptors (Lipinski definition) is 2. The summed E-state index contributed by atoms with van der Waals surface area (Å²) < 4.78 is 0.903. The molecular formula is C12H17BrN2O. The first-order chi connectivity index (χ1) is 7.31. The summed E-state index contributed by atoms with van der Waals surface area (Å²) in [4.78, 5) is 13.6. The lowest BCUT2D eigenvalue weighted by Crippen LogP contribution is -2.40. The molecule has 1 aromatic rings. The lowest BCUT2D eigenvalue weighted by Gasteiger charge is -2.24. The van der Waals surface area contributed by atoms with Crippen LogP contribution in [0.3, 0.4) is 0 Å². The summed E-state index contributed by atoms with van der Waals surface area (Å²) in [6, 6.07) is 7.62. The summed E-state index contributed by atoms with van der Waals surface area (Å²) in [5.74, 6) is 0.0133. The molecule has 16 heavy (non-hydrogen) atoms. The molecule has 0 aromatic heterocycles. The Morgan fingerprint density at radius 2 is 2.00 bits per heavy atom. The van der Waals surface area contributed by atoms with Crippen LogP contribution in [0.25, 0.3) is 0 Å². The molecule has 3 nitrogen and oxygen atoms in total. The van der Waals surface area contributed by atoms with E-state index in [4.69, 9.17) is 5.73 Å². The number of para-hydroxylation sites is 1. The van der Waals surface area contributed by atoms with Gasteiger partial charge in [0.25, 0.3) is 0 Å². The molecule has 0 saturated carbocycles. The summed E-state index contributed by atoms with van der Waals surface area (Å²) in [5.41, 5.74) is 6.21. The van der Waals surface area contributed by atoms with Crippen LogP contribution in [-0.2, 0) is 4.79 Å². The minimum absolute atomic E-state index is 0.0133. The minimum atomic E-state index is -0.480. The Labute approximate surface area is 105 Å². The van der Waals surface area contributed by atoms with E-state index in [0.29, 0.717) is 6.42 Å². The monoisotopic (exact) mass is 284 g/mol. The molecule has 0 heterocycles. The van der Waals surface area contributed by atoms with Gasteiger partial charge in [-0.25, -0.2) is 0 Å². The first-order valence-corrected chi connectivity index (χ1v) is 5.90. The number of nitrogens with two attached hydrogens (primary N) is 1. The van der Waals surface area contributed by atoms with Crippen LogP contribution < -0.4 is 10.6 Å². The Bertz CT molecular complexity index is 385. The zero-order valence-corrected chi connectivity index (χ0v) is 11.4. The summed E-state index contributed by atoms with van der Waals surface area (Å²) in [6.07, 6.45) is 0.324. The highest BCUT2D eigenvalue weighted by Gasteiger charge is 2.20. The van der Waals surface area contributed by atoms with Crippen LogP contribution in [0.15, 0.2) is 28.7 Å². The van der Waals surface area contributed by atoms with Crippen molar-refractivity contribution >= 4 is 27.5 Å². The van der Waals surface area contributed by atoms with Crippen molar-refractivity contribution in [2.45, 2.75) is 25.8 Å². The number of halogens is 1. The van der Waals surface area contributed by atoms with Crippen LogP contribution in [0.5, 0.6) is 0 Å². The van der Waals surface area contributed by atoms with E-state index in [1.807, 2.05) is 38.1 Å². The van der Waals surface area contributed by atoms with E-state index in [-0.39, 0.29) is 5.91 Å². The molecule has 1 rings (SSSR count). The van der Waals surface area contributed by atoms with E-state index in [9.17, 15) is 4.79 Å². The number of benzene rings is 1. The summed E-state index contributed by atoms with van der Waals surface area (Å²) >= 11 is 3.42. The third-order valence-electron chi connectivity index (χ3n) is 2.19. The van der Waals surface area contributed by atoms with Crippen molar-refractivity contribution in [3.8, 4) is 0 Å². The molecule has 0 radical (unpaired) electrons. The molecule has 1 amide bonds. The predicted molar refractivity (Wildman–Crippen MR) is 70.4 cm³/mol. The molecule has 0 fully saturated rings. The van der Waals surface area contributed by atoms with E-state index >= 15 is 0 Å². The van der Waals surface area contributed by atoms with Crippen molar-refractivity contribution in [2.24, 2.45) is 5.73 Å². The van der Waals surface area contributed by atoms with Gasteiger partial charge in [-0.15, -0.1) is 0 Å². The van der Waals surface area contributed by atoms with Gasteiger partial charge in [0.15, 0.2) is 0 Å². The average molecular weight is 285 g/mol. The van der Waals surface area contributed by atoms with Gasteiger partial charge in [-0.05, 0) is 41.9 Å². The van der Waals surface area contributed by atoms with Gasteiger partial charge in [-0.3, -0.25) is 4.79 Å². The van der Waals surface area contributed by atoms with Crippen molar-refractivity contribution < 1.29 is 4.79 Å². The van der Waals surface area contributed by atoms with Crippen LogP contribution >= 0.6 is 15.9 Å². The van der Waals surface area contributed by atoms with Crippen LogP contribution in [0.2, 0.25) is 0 Å². The van der Waals surface area contributed by atoms with Crippen molar-refractivity contribution in [3.63, 3.8) is 0 Å². The lowest BCUT2D eigenvalue weighted by atomic mass is 10.0. The first-order valence-electron chi connectivity index (χ1n) is 5.11. The fourth-order valence-electron chi connectivity index (χ4n) is 1.37. The maximum Gasteiger partial charge on any atom is 0.228 e. The molecule has 2 N–H and O–H groups in total. The highest BCUT2D eigenvalue weighted by atomic mass is 79.9. The molecule has 0 aliphatic carbocycles. The van der Waals surface area contributed by atoms with E-state index < -0.39 is 5.54 Å². The molecule has 0 spiro atoms. The summed E-state index contributed by atoms with van der Waals surface area (Å²) in [7, 11) is 1.76. The lowest BCUT2D eigenvalue weighted by molar-refractivity contribution is -0.119. The summed E-state index contributed by atoms with van der Waals surface area (Å²) in [6.45, 7) is 3.69. The molecular weight excluding hydrogens is 268 g/mol. The van der Waals surface area contributed by atoms with Gasteiger partial charge in [-0.1, -0.05) is 12.1 Å². The Morgan fingerprint density at radius 1 is 1.44 bits per heavy atom. The first kappa shape index (κ1) is 13.2. The van der Waals surface area contributed by atoms with Crippen molar-refractivity contribution in [2.75, 3.05) is 11.9 Å². The highest BCUT2D eigenvalue weighted by Crippen LogP contribution is 2.25. The van der Waals surface area contributed by atoms with Crippen LogP contribution in [0.4, 0.5) is 5.69 Å². The van der Waals surface area contributed by atoms with Crippen molar-refractivity contribution in [1.82, 2.24) is 0 Å². The standard InChI is InChI=1S/C12H17BrN2O/c1-12(2,14)8-11(16)15(3)10-7-5-4-6-9(10)13/h4-7H,8,14H2,1-3H3. The molecule has 1 aromatic carbocycles. The van der Waals surface area contributed by atoms with Gasteiger partial charge in [0.05, 0.1) is 5.69 Å². The van der Waals surface area contributed by atoms with E-state index in [2.05, 4.69) is 15.9 Å². The second-order valence-electron chi connectivity index (χ2n) is 4.57. The maximum atomic E-state index is 11.9. The second-order valence-corrected chi connectivity index (χ2v) is 5.42. The fraction of sp³-hybridized carbons (Fsp3) is 0.417. The number of hydrogen-bond donors (Lipinski definition) is 1. The predicted octanol–water partition coefficient (Wildman–Crippen LogP) is 2.54. The van der Waals surface area contributed by atoms with Crippen molar-refractivity contribution in [3.05, 3.63) is 28.7 Å². The third kappa shape index (κ3) is 3.61. The number of amides is 1. The average Bonchev–Trinajstić information content (AvgIpc) is 2.15. The van der Waals surface area contributed by atoms with Crippen molar-refractivity contribution in [1.29, 1.82) is 0 Å². The number of rotatable bonds is 3. The Kier molecular flexibility index (Phi) is 4.10. The minimum Gasteiger partial charge on any atom is -0.325 e. The molecule has 0 saturated heterocycles. The number of carbonyl (C=O) groups is 1. The molecule has 0 unspecified atom stereocenters.